The van der Waals surface area contributed by atoms with Gasteiger partial charge in [-0.15, -0.1) is 10.2 Å². The second-order valence-electron chi connectivity index (χ2n) is 5.68. The first-order valence-corrected chi connectivity index (χ1v) is 9.01. The number of hydrogen-bond donors (Lipinski definition) is 1. The van der Waals surface area contributed by atoms with Crippen LogP contribution < -0.4 is 0 Å². The van der Waals surface area contributed by atoms with E-state index in [1.165, 1.54) is 12.1 Å². The van der Waals surface area contributed by atoms with Crippen LogP contribution in [0.4, 0.5) is 0 Å². The van der Waals surface area contributed by atoms with Crippen LogP contribution in [-0.4, -0.2) is 44.6 Å². The maximum absolute atomic E-state index is 12.9. The highest BCUT2D eigenvalue weighted by atomic mass is 32.2. The monoisotopic (exact) mass is 350 g/mol. The summed E-state index contributed by atoms with van der Waals surface area (Å²) in [6, 6.07) is 5.30. The highest BCUT2D eigenvalue weighted by Gasteiger charge is 2.41. The zero-order chi connectivity index (χ0) is 17.5. The van der Waals surface area contributed by atoms with Gasteiger partial charge in [-0.3, -0.25) is 4.79 Å². The van der Waals surface area contributed by atoms with Crippen LogP contribution in [0.25, 0.3) is 0 Å². The highest BCUT2D eigenvalue weighted by molar-refractivity contribution is 7.89. The van der Waals surface area contributed by atoms with Crippen LogP contribution in [0.2, 0.25) is 0 Å². The first-order valence-electron chi connectivity index (χ1n) is 7.57. The summed E-state index contributed by atoms with van der Waals surface area (Å²) in [5.41, 5.74) is 1.01. The fraction of sp³-hybridized carbons (Fsp3) is 0.400. The predicted molar refractivity (Wildman–Crippen MR) is 84.7 cm³/mol. The molecule has 128 valence electrons. The molecule has 3 rings (SSSR count). The van der Waals surface area contributed by atoms with Gasteiger partial charge in [-0.1, -0.05) is 19.1 Å². The van der Waals surface area contributed by atoms with Gasteiger partial charge in [-0.05, 0) is 31.0 Å². The second kappa shape index (κ2) is 5.99. The minimum atomic E-state index is -3.94. The van der Waals surface area contributed by atoms with Crippen LogP contribution in [0.3, 0.4) is 0 Å². The van der Waals surface area contributed by atoms with E-state index < -0.39 is 22.0 Å². The summed E-state index contributed by atoms with van der Waals surface area (Å²) < 4.78 is 28.5. The minimum absolute atomic E-state index is 0.00419. The molecule has 2 heterocycles. The molecular weight excluding hydrogens is 332 g/mol. The molecule has 0 fully saturated rings. The van der Waals surface area contributed by atoms with Gasteiger partial charge in [-0.2, -0.15) is 4.31 Å². The van der Waals surface area contributed by atoms with Crippen molar-refractivity contribution in [3.8, 4) is 0 Å². The van der Waals surface area contributed by atoms with E-state index in [4.69, 9.17) is 0 Å². The largest absolute Gasteiger partial charge is 0.480 e. The van der Waals surface area contributed by atoms with E-state index in [1.807, 2.05) is 6.92 Å². The average molecular weight is 350 g/mol. The molecule has 2 aromatic rings. The fourth-order valence-electron chi connectivity index (χ4n) is 2.78. The molecule has 0 spiro atoms. The lowest BCUT2D eigenvalue weighted by Crippen LogP contribution is -2.50. The molecule has 1 unspecified atom stereocenters. The summed E-state index contributed by atoms with van der Waals surface area (Å²) in [5.74, 6) is -0.179. The van der Waals surface area contributed by atoms with Crippen molar-refractivity contribution >= 4 is 16.0 Å². The van der Waals surface area contributed by atoms with Gasteiger partial charge in [0.15, 0.2) is 0 Å². The Kier molecular flexibility index (Phi) is 4.14. The van der Waals surface area contributed by atoms with Crippen LogP contribution >= 0.6 is 0 Å². The number of benzene rings is 1. The van der Waals surface area contributed by atoms with E-state index in [2.05, 4.69) is 10.2 Å². The third kappa shape index (κ3) is 2.69. The van der Waals surface area contributed by atoms with Crippen LogP contribution in [0, 0.1) is 6.92 Å². The SMILES string of the molecule is CCc1ccc(S(=O)(=O)N2Cc3nnc(C)n3CC2C(=O)O)cc1. The van der Waals surface area contributed by atoms with Crippen molar-refractivity contribution in [2.75, 3.05) is 0 Å². The molecule has 0 saturated carbocycles. The maximum atomic E-state index is 12.9. The van der Waals surface area contributed by atoms with Gasteiger partial charge in [0.1, 0.15) is 17.7 Å². The van der Waals surface area contributed by atoms with E-state index >= 15 is 0 Å². The molecule has 9 heteroatoms. The van der Waals surface area contributed by atoms with E-state index in [0.717, 1.165) is 16.3 Å². The number of aryl methyl sites for hydroxylation is 2. The molecule has 1 aliphatic heterocycles. The Bertz CT molecular complexity index is 873. The third-order valence-electron chi connectivity index (χ3n) is 4.24. The summed E-state index contributed by atoms with van der Waals surface area (Å²) in [6.45, 7) is 3.57. The topological polar surface area (TPSA) is 105 Å². The standard InChI is InChI=1S/C15H18N4O4S/c1-3-11-4-6-12(7-5-11)24(22,23)19-9-14-17-16-10(2)18(14)8-13(19)15(20)21/h4-7,13H,3,8-9H2,1-2H3,(H,20,21). The molecule has 0 radical (unpaired) electrons. The number of fused-ring (bicyclic) bond motifs is 1. The van der Waals surface area contributed by atoms with Crippen LogP contribution in [0.1, 0.15) is 24.1 Å². The molecule has 8 nitrogen and oxygen atoms in total. The van der Waals surface area contributed by atoms with Crippen molar-refractivity contribution in [3.05, 3.63) is 41.5 Å². The lowest BCUT2D eigenvalue weighted by atomic mass is 10.2. The molecule has 24 heavy (non-hydrogen) atoms. The van der Waals surface area contributed by atoms with E-state index in [-0.39, 0.29) is 18.0 Å². The van der Waals surface area contributed by atoms with Gasteiger partial charge in [0.05, 0.1) is 18.0 Å². The predicted octanol–water partition coefficient (Wildman–Crippen LogP) is 0.807. The number of sulfonamides is 1. The molecule has 1 aromatic carbocycles. The quantitative estimate of drug-likeness (QED) is 0.875. The smallest absolute Gasteiger partial charge is 0.323 e. The van der Waals surface area contributed by atoms with Gasteiger partial charge < -0.3 is 9.67 Å². The number of hydrogen-bond acceptors (Lipinski definition) is 5. The summed E-state index contributed by atoms with van der Waals surface area (Å²) in [4.78, 5) is 11.7. The van der Waals surface area contributed by atoms with Crippen molar-refractivity contribution in [2.45, 2.75) is 44.3 Å². The fourth-order valence-corrected chi connectivity index (χ4v) is 4.31. The number of carboxylic acids is 1. The number of carboxylic acid groups (broad SMARTS) is 1. The number of rotatable bonds is 4. The number of aliphatic carboxylic acids is 1. The van der Waals surface area contributed by atoms with Crippen molar-refractivity contribution in [1.29, 1.82) is 0 Å². The normalized spacial score (nSPS) is 18.3. The molecule has 1 atom stereocenters. The summed E-state index contributed by atoms with van der Waals surface area (Å²) >= 11 is 0. The highest BCUT2D eigenvalue weighted by Crippen LogP contribution is 2.26. The zero-order valence-electron chi connectivity index (χ0n) is 13.4. The van der Waals surface area contributed by atoms with Crippen molar-refractivity contribution in [2.24, 2.45) is 0 Å². The Hall–Kier alpha value is -2.26. The third-order valence-corrected chi connectivity index (χ3v) is 6.10. The summed E-state index contributed by atoms with van der Waals surface area (Å²) in [6.07, 6.45) is 0.796. The van der Waals surface area contributed by atoms with E-state index in [1.54, 1.807) is 23.6 Å². The number of carbonyl (C=O) groups is 1. The Balaban J connectivity index is 2.02. The molecule has 0 saturated heterocycles. The maximum Gasteiger partial charge on any atom is 0.323 e. The van der Waals surface area contributed by atoms with Gasteiger partial charge in [0.2, 0.25) is 10.0 Å². The van der Waals surface area contributed by atoms with Crippen molar-refractivity contribution in [3.63, 3.8) is 0 Å². The van der Waals surface area contributed by atoms with Crippen molar-refractivity contribution in [1.82, 2.24) is 19.1 Å². The molecule has 0 aliphatic carbocycles. The first kappa shape index (κ1) is 16.6. The van der Waals surface area contributed by atoms with E-state index in [0.29, 0.717) is 11.6 Å². The van der Waals surface area contributed by atoms with E-state index in [9.17, 15) is 18.3 Å². The summed E-state index contributed by atoms with van der Waals surface area (Å²) in [7, 11) is -3.94. The Labute approximate surface area is 139 Å². The van der Waals surface area contributed by atoms with Crippen LogP contribution in [0.5, 0.6) is 0 Å². The van der Waals surface area contributed by atoms with Crippen LogP contribution in [-0.2, 0) is 34.3 Å². The number of aromatic nitrogens is 3. The molecule has 1 aliphatic rings. The lowest BCUT2D eigenvalue weighted by molar-refractivity contribution is -0.142. The molecule has 1 N–H and O–H groups in total. The Morgan fingerprint density at radius 2 is 1.96 bits per heavy atom. The molecular formula is C15H18N4O4S. The number of nitrogens with zero attached hydrogens (tertiary/aromatic N) is 4. The van der Waals surface area contributed by atoms with Gasteiger partial charge in [0, 0.05) is 0 Å². The van der Waals surface area contributed by atoms with Crippen LogP contribution in [0.15, 0.2) is 29.2 Å². The zero-order valence-corrected chi connectivity index (χ0v) is 14.2. The first-order chi connectivity index (χ1) is 11.3. The van der Waals surface area contributed by atoms with Gasteiger partial charge >= 0.3 is 5.97 Å². The average Bonchev–Trinajstić information content (AvgIpc) is 2.94. The molecule has 0 amide bonds. The van der Waals surface area contributed by atoms with Crippen molar-refractivity contribution < 1.29 is 18.3 Å². The molecule has 0 bridgehead atoms. The second-order valence-corrected chi connectivity index (χ2v) is 7.57. The van der Waals surface area contributed by atoms with Gasteiger partial charge in [0.25, 0.3) is 0 Å². The molecule has 1 aromatic heterocycles. The Morgan fingerprint density at radius 3 is 2.54 bits per heavy atom. The minimum Gasteiger partial charge on any atom is -0.480 e. The summed E-state index contributed by atoms with van der Waals surface area (Å²) in [5, 5.41) is 17.3. The van der Waals surface area contributed by atoms with Gasteiger partial charge in [-0.25, -0.2) is 8.42 Å². The Morgan fingerprint density at radius 1 is 1.29 bits per heavy atom. The lowest BCUT2D eigenvalue weighted by Gasteiger charge is -2.32.